The zero-order valence-electron chi connectivity index (χ0n) is 12.2. The van der Waals surface area contributed by atoms with Crippen molar-refractivity contribution < 1.29 is 15.0 Å². The average molecular weight is 277 g/mol. The molecule has 2 N–H and O–H groups in total. The number of carbonyl (C=O) groups is 1. The summed E-state index contributed by atoms with van der Waals surface area (Å²) in [6.07, 6.45) is 3.69. The fourth-order valence-electron chi connectivity index (χ4n) is 2.90. The largest absolute Gasteiger partial charge is 0.508 e. The van der Waals surface area contributed by atoms with Crippen molar-refractivity contribution >= 4 is 5.91 Å². The highest BCUT2D eigenvalue weighted by Crippen LogP contribution is 2.26. The molecule has 1 saturated carbocycles. The van der Waals surface area contributed by atoms with Crippen LogP contribution in [-0.4, -0.2) is 40.7 Å². The first-order chi connectivity index (χ1) is 9.50. The van der Waals surface area contributed by atoms with Crippen LogP contribution in [0.2, 0.25) is 0 Å². The Balaban J connectivity index is 2.06. The van der Waals surface area contributed by atoms with E-state index in [-0.39, 0.29) is 23.7 Å². The van der Waals surface area contributed by atoms with Crippen LogP contribution in [0, 0.1) is 12.8 Å². The molecule has 20 heavy (non-hydrogen) atoms. The first-order valence-electron chi connectivity index (χ1n) is 7.23. The zero-order chi connectivity index (χ0) is 14.7. The summed E-state index contributed by atoms with van der Waals surface area (Å²) in [7, 11) is 1.76. The highest BCUT2D eigenvalue weighted by Gasteiger charge is 2.26. The van der Waals surface area contributed by atoms with E-state index in [0.29, 0.717) is 17.7 Å². The predicted molar refractivity (Wildman–Crippen MR) is 77.8 cm³/mol. The number of aromatic hydroxyl groups is 1. The zero-order valence-corrected chi connectivity index (χ0v) is 12.2. The molecule has 0 aromatic heterocycles. The van der Waals surface area contributed by atoms with Crippen molar-refractivity contribution in [2.45, 2.75) is 38.7 Å². The lowest BCUT2D eigenvalue weighted by Gasteiger charge is -2.31. The summed E-state index contributed by atoms with van der Waals surface area (Å²) in [6.45, 7) is 2.31. The lowest BCUT2D eigenvalue weighted by Crippen LogP contribution is -2.38. The third kappa shape index (κ3) is 3.12. The Morgan fingerprint density at radius 2 is 2.05 bits per heavy atom. The highest BCUT2D eigenvalue weighted by molar-refractivity contribution is 5.96. The number of phenolic OH excluding ortho intramolecular Hbond substituents is 1. The highest BCUT2D eigenvalue weighted by atomic mass is 16.3. The van der Waals surface area contributed by atoms with E-state index in [2.05, 4.69) is 0 Å². The van der Waals surface area contributed by atoms with Gasteiger partial charge in [-0.2, -0.15) is 0 Å². The van der Waals surface area contributed by atoms with Gasteiger partial charge >= 0.3 is 0 Å². The number of benzene rings is 1. The predicted octanol–water partition coefficient (Wildman–Crippen LogP) is 2.32. The van der Waals surface area contributed by atoms with E-state index in [9.17, 15) is 15.0 Å². The second-order valence-corrected chi connectivity index (χ2v) is 5.75. The van der Waals surface area contributed by atoms with E-state index in [1.807, 2.05) is 0 Å². The smallest absolute Gasteiger partial charge is 0.254 e. The first-order valence-corrected chi connectivity index (χ1v) is 7.23. The van der Waals surface area contributed by atoms with Crippen molar-refractivity contribution in [3.8, 4) is 5.75 Å². The van der Waals surface area contributed by atoms with E-state index in [0.717, 1.165) is 25.7 Å². The number of aliphatic hydroxyl groups excluding tert-OH is 1. The Kier molecular flexibility index (Phi) is 4.65. The number of aliphatic hydroxyl groups is 1. The molecule has 110 valence electrons. The first kappa shape index (κ1) is 14.9. The number of hydrogen-bond donors (Lipinski definition) is 2. The van der Waals surface area contributed by atoms with Crippen LogP contribution in [0.25, 0.3) is 0 Å². The maximum atomic E-state index is 12.4. The molecule has 1 aromatic carbocycles. The van der Waals surface area contributed by atoms with Gasteiger partial charge in [0.1, 0.15) is 5.75 Å². The standard InChI is InChI=1S/C16H23NO3/c1-11-13(7-5-9-14(11)18)16(20)17(2)10-12-6-3-4-8-15(12)19/h5,7,9,12,15,18-19H,3-4,6,8,10H2,1-2H3. The molecule has 2 rings (SSSR count). The molecule has 1 amide bonds. The van der Waals surface area contributed by atoms with Gasteiger partial charge in [-0.25, -0.2) is 0 Å². The Morgan fingerprint density at radius 3 is 2.75 bits per heavy atom. The number of hydrogen-bond acceptors (Lipinski definition) is 3. The molecular weight excluding hydrogens is 254 g/mol. The molecule has 2 atom stereocenters. The number of nitrogens with zero attached hydrogens (tertiary/aromatic N) is 1. The van der Waals surface area contributed by atoms with E-state index < -0.39 is 0 Å². The number of phenols is 1. The van der Waals surface area contributed by atoms with Gasteiger partial charge in [0.05, 0.1) is 6.10 Å². The lowest BCUT2D eigenvalue weighted by atomic mass is 9.86. The van der Waals surface area contributed by atoms with Crippen LogP contribution < -0.4 is 0 Å². The number of rotatable bonds is 3. The third-order valence-corrected chi connectivity index (χ3v) is 4.26. The van der Waals surface area contributed by atoms with Crippen LogP contribution in [0.15, 0.2) is 18.2 Å². The van der Waals surface area contributed by atoms with Crippen molar-refractivity contribution in [2.24, 2.45) is 5.92 Å². The maximum absolute atomic E-state index is 12.4. The van der Waals surface area contributed by atoms with E-state index in [4.69, 9.17) is 0 Å². The molecule has 1 aromatic rings. The fourth-order valence-corrected chi connectivity index (χ4v) is 2.90. The number of carbonyl (C=O) groups excluding carboxylic acids is 1. The van der Waals surface area contributed by atoms with Crippen molar-refractivity contribution in [2.75, 3.05) is 13.6 Å². The van der Waals surface area contributed by atoms with E-state index >= 15 is 0 Å². The molecule has 4 heteroatoms. The number of amides is 1. The average Bonchev–Trinajstić information content (AvgIpc) is 2.43. The molecule has 0 bridgehead atoms. The van der Waals surface area contributed by atoms with Crippen molar-refractivity contribution in [1.82, 2.24) is 4.90 Å². The summed E-state index contributed by atoms with van der Waals surface area (Å²) in [5.74, 6) is 0.202. The summed E-state index contributed by atoms with van der Waals surface area (Å²) in [5.41, 5.74) is 1.13. The molecule has 2 unspecified atom stereocenters. The molecule has 1 fully saturated rings. The summed E-state index contributed by atoms with van der Waals surface area (Å²) >= 11 is 0. The van der Waals surface area contributed by atoms with Crippen LogP contribution in [0.3, 0.4) is 0 Å². The van der Waals surface area contributed by atoms with Crippen molar-refractivity contribution in [3.05, 3.63) is 29.3 Å². The molecule has 0 heterocycles. The van der Waals surface area contributed by atoms with Gasteiger partial charge in [0.2, 0.25) is 0 Å². The van der Waals surface area contributed by atoms with Crippen molar-refractivity contribution in [1.29, 1.82) is 0 Å². The van der Waals surface area contributed by atoms with Crippen LogP contribution in [0.5, 0.6) is 5.75 Å². The molecular formula is C16H23NO3. The summed E-state index contributed by atoms with van der Waals surface area (Å²) < 4.78 is 0. The summed E-state index contributed by atoms with van der Waals surface area (Å²) in [4.78, 5) is 14.1. The second kappa shape index (κ2) is 6.27. The van der Waals surface area contributed by atoms with E-state index in [1.165, 1.54) is 0 Å². The molecule has 0 radical (unpaired) electrons. The normalized spacial score (nSPS) is 22.6. The quantitative estimate of drug-likeness (QED) is 0.891. The molecule has 0 saturated heterocycles. The van der Waals surface area contributed by atoms with Gasteiger partial charge in [-0.1, -0.05) is 18.9 Å². The monoisotopic (exact) mass is 277 g/mol. The van der Waals surface area contributed by atoms with Gasteiger partial charge in [0, 0.05) is 30.6 Å². The Bertz CT molecular complexity index is 487. The molecule has 1 aliphatic rings. The Hall–Kier alpha value is -1.55. The molecule has 0 spiro atoms. The Labute approximate surface area is 120 Å². The van der Waals surface area contributed by atoms with Crippen LogP contribution >= 0.6 is 0 Å². The van der Waals surface area contributed by atoms with Gasteiger partial charge in [-0.05, 0) is 31.9 Å². The maximum Gasteiger partial charge on any atom is 0.254 e. The second-order valence-electron chi connectivity index (χ2n) is 5.75. The van der Waals surface area contributed by atoms with E-state index in [1.54, 1.807) is 37.1 Å². The molecule has 0 aliphatic heterocycles. The topological polar surface area (TPSA) is 60.8 Å². The van der Waals surface area contributed by atoms with Crippen LogP contribution in [0.1, 0.15) is 41.6 Å². The summed E-state index contributed by atoms with van der Waals surface area (Å²) in [6, 6.07) is 4.99. The fraction of sp³-hybridized carbons (Fsp3) is 0.562. The summed E-state index contributed by atoms with van der Waals surface area (Å²) in [5, 5.41) is 19.7. The van der Waals surface area contributed by atoms with Gasteiger partial charge in [0.15, 0.2) is 0 Å². The van der Waals surface area contributed by atoms with Gasteiger partial charge in [0.25, 0.3) is 5.91 Å². The molecule has 4 nitrogen and oxygen atoms in total. The van der Waals surface area contributed by atoms with Crippen molar-refractivity contribution in [3.63, 3.8) is 0 Å². The minimum absolute atomic E-state index is 0.101. The van der Waals surface area contributed by atoms with Gasteiger partial charge < -0.3 is 15.1 Å². The van der Waals surface area contributed by atoms with Gasteiger partial charge in [-0.15, -0.1) is 0 Å². The van der Waals surface area contributed by atoms with Crippen LogP contribution in [-0.2, 0) is 0 Å². The molecule has 1 aliphatic carbocycles. The minimum atomic E-state index is -0.302. The lowest BCUT2D eigenvalue weighted by molar-refractivity contribution is 0.0450. The van der Waals surface area contributed by atoms with Crippen LogP contribution in [0.4, 0.5) is 0 Å². The van der Waals surface area contributed by atoms with Gasteiger partial charge in [-0.3, -0.25) is 4.79 Å². The SMILES string of the molecule is Cc1c(O)cccc1C(=O)N(C)CC1CCCCC1O. The minimum Gasteiger partial charge on any atom is -0.508 e. The Morgan fingerprint density at radius 1 is 1.35 bits per heavy atom. The third-order valence-electron chi connectivity index (χ3n) is 4.26.